The number of hydrogen-bond acceptors (Lipinski definition) is 3. The van der Waals surface area contributed by atoms with Crippen LogP contribution in [0.4, 0.5) is 0 Å². The van der Waals surface area contributed by atoms with Crippen LogP contribution in [-0.4, -0.2) is 21.3 Å². The molecule has 1 unspecified atom stereocenters. The summed E-state index contributed by atoms with van der Waals surface area (Å²) in [5.41, 5.74) is 5.32. The Morgan fingerprint density at radius 1 is 0.871 bits per heavy atom. The maximum Gasteiger partial charge on any atom is 0.132 e. The van der Waals surface area contributed by atoms with Crippen molar-refractivity contribution in [3.8, 4) is 28.3 Å². The van der Waals surface area contributed by atoms with Crippen LogP contribution in [0.25, 0.3) is 22.5 Å². The molecule has 4 aromatic rings. The van der Waals surface area contributed by atoms with Crippen molar-refractivity contribution in [2.75, 3.05) is 6.61 Å². The largest absolute Gasteiger partial charge is 0.508 e. The third-order valence-electron chi connectivity index (χ3n) is 5.40. The lowest BCUT2D eigenvalue weighted by Gasteiger charge is -2.20. The monoisotopic (exact) mass is 412 g/mol. The number of nitrogens with zero attached hydrogens (tertiary/aromatic N) is 2. The summed E-state index contributed by atoms with van der Waals surface area (Å²) < 4.78 is 8.26. The van der Waals surface area contributed by atoms with Gasteiger partial charge in [0.1, 0.15) is 17.8 Å². The van der Waals surface area contributed by atoms with Crippen LogP contribution in [0, 0.1) is 0 Å². The van der Waals surface area contributed by atoms with Crippen molar-refractivity contribution in [1.29, 1.82) is 0 Å². The molecule has 0 bridgehead atoms. The lowest BCUT2D eigenvalue weighted by Crippen LogP contribution is -2.14. The van der Waals surface area contributed by atoms with Crippen LogP contribution < -0.4 is 0 Å². The first kappa shape index (κ1) is 20.9. The Bertz CT molecular complexity index is 1120. The van der Waals surface area contributed by atoms with Gasteiger partial charge in [0.25, 0.3) is 0 Å². The van der Waals surface area contributed by atoms with E-state index >= 15 is 0 Å². The van der Waals surface area contributed by atoms with Crippen LogP contribution in [0.5, 0.6) is 5.75 Å². The molecule has 1 N–H and O–H groups in total. The van der Waals surface area contributed by atoms with Crippen molar-refractivity contribution in [3.63, 3.8) is 0 Å². The number of rotatable bonds is 8. The number of ether oxygens (including phenoxy) is 1. The van der Waals surface area contributed by atoms with Crippen molar-refractivity contribution in [3.05, 3.63) is 96.3 Å². The van der Waals surface area contributed by atoms with Gasteiger partial charge in [0.15, 0.2) is 0 Å². The minimum atomic E-state index is -0.149. The molecule has 31 heavy (non-hydrogen) atoms. The van der Waals surface area contributed by atoms with Crippen molar-refractivity contribution >= 4 is 0 Å². The first-order valence-electron chi connectivity index (χ1n) is 10.8. The molecule has 0 spiro atoms. The average Bonchev–Trinajstić information content (AvgIpc) is 3.19. The molecule has 1 heterocycles. The van der Waals surface area contributed by atoms with E-state index in [1.807, 2.05) is 49.4 Å². The van der Waals surface area contributed by atoms with Gasteiger partial charge in [0, 0.05) is 24.2 Å². The third-order valence-corrected chi connectivity index (χ3v) is 5.40. The molecule has 0 saturated heterocycles. The Morgan fingerprint density at radius 2 is 1.55 bits per heavy atom. The SMILES string of the molecule is CCOC(C)n1c(CCc2cccc(O)c2)nc(-c2ccccc2)c1-c1ccccc1. The zero-order chi connectivity index (χ0) is 21.6. The van der Waals surface area contributed by atoms with Crippen LogP contribution in [0.3, 0.4) is 0 Å². The van der Waals surface area contributed by atoms with Gasteiger partial charge in [-0.05, 0) is 38.0 Å². The Balaban J connectivity index is 1.84. The van der Waals surface area contributed by atoms with Gasteiger partial charge < -0.3 is 14.4 Å². The van der Waals surface area contributed by atoms with Gasteiger partial charge in [-0.1, -0.05) is 72.8 Å². The standard InChI is InChI=1S/C27H28N2O2/c1-3-31-20(2)29-25(18-17-21-11-10-16-24(30)19-21)28-26(22-12-6-4-7-13-22)27(29)23-14-8-5-9-15-23/h4-16,19-20,30H,3,17-18H2,1-2H3. The van der Waals surface area contributed by atoms with Crippen LogP contribution in [0.2, 0.25) is 0 Å². The lowest BCUT2D eigenvalue weighted by atomic mass is 10.0. The minimum Gasteiger partial charge on any atom is -0.508 e. The first-order valence-corrected chi connectivity index (χ1v) is 10.8. The summed E-state index contributed by atoms with van der Waals surface area (Å²) in [4.78, 5) is 5.12. The van der Waals surface area contributed by atoms with Crippen molar-refractivity contribution in [1.82, 2.24) is 9.55 Å². The molecule has 4 rings (SSSR count). The van der Waals surface area contributed by atoms with Gasteiger partial charge in [-0.3, -0.25) is 0 Å². The van der Waals surface area contributed by atoms with Crippen LogP contribution in [0.15, 0.2) is 84.9 Å². The number of imidazole rings is 1. The summed E-state index contributed by atoms with van der Waals surface area (Å²) in [6.07, 6.45) is 1.38. The van der Waals surface area contributed by atoms with Gasteiger partial charge in [0.2, 0.25) is 0 Å². The highest BCUT2D eigenvalue weighted by atomic mass is 16.5. The van der Waals surface area contributed by atoms with Crippen LogP contribution in [0.1, 0.15) is 31.5 Å². The molecule has 1 atom stereocenters. The van der Waals surface area contributed by atoms with E-state index < -0.39 is 0 Å². The number of benzene rings is 3. The topological polar surface area (TPSA) is 47.3 Å². The van der Waals surface area contributed by atoms with Crippen LogP contribution in [-0.2, 0) is 17.6 Å². The van der Waals surface area contributed by atoms with E-state index in [0.29, 0.717) is 12.4 Å². The third kappa shape index (κ3) is 4.70. The molecule has 0 radical (unpaired) electrons. The van der Waals surface area contributed by atoms with E-state index in [1.54, 1.807) is 6.07 Å². The molecule has 3 aromatic carbocycles. The highest BCUT2D eigenvalue weighted by Gasteiger charge is 2.23. The predicted octanol–water partition coefficient (Wildman–Crippen LogP) is 6.26. The Morgan fingerprint density at radius 3 is 2.19 bits per heavy atom. The summed E-state index contributed by atoms with van der Waals surface area (Å²) in [6.45, 7) is 4.71. The summed E-state index contributed by atoms with van der Waals surface area (Å²) >= 11 is 0. The van der Waals surface area contributed by atoms with Crippen molar-refractivity contribution in [2.45, 2.75) is 32.9 Å². The molecule has 158 valence electrons. The Kier molecular flexibility index (Phi) is 6.48. The van der Waals surface area contributed by atoms with Crippen molar-refractivity contribution in [2.24, 2.45) is 0 Å². The fourth-order valence-electron chi connectivity index (χ4n) is 4.00. The maximum absolute atomic E-state index is 9.83. The van der Waals surface area contributed by atoms with Gasteiger partial charge in [-0.2, -0.15) is 0 Å². The Labute approximate surface area is 183 Å². The second kappa shape index (κ2) is 9.63. The van der Waals surface area contributed by atoms with E-state index in [2.05, 4.69) is 47.9 Å². The highest BCUT2D eigenvalue weighted by molar-refractivity contribution is 5.79. The number of phenols is 1. The van der Waals surface area contributed by atoms with E-state index in [1.165, 1.54) is 0 Å². The first-order chi connectivity index (χ1) is 15.2. The van der Waals surface area contributed by atoms with E-state index in [9.17, 15) is 5.11 Å². The molecule has 4 heteroatoms. The van der Waals surface area contributed by atoms with Gasteiger partial charge >= 0.3 is 0 Å². The molecule has 0 fully saturated rings. The molecule has 0 aliphatic carbocycles. The number of phenolic OH excluding ortho intramolecular Hbond substituents is 1. The average molecular weight is 413 g/mol. The molecule has 0 aliphatic heterocycles. The number of aromatic hydroxyl groups is 1. The second-order valence-corrected chi connectivity index (χ2v) is 7.55. The number of hydrogen-bond donors (Lipinski definition) is 1. The molecular formula is C27H28N2O2. The van der Waals surface area contributed by atoms with E-state index in [-0.39, 0.29) is 6.23 Å². The van der Waals surface area contributed by atoms with Gasteiger partial charge in [-0.15, -0.1) is 0 Å². The summed E-state index contributed by atoms with van der Waals surface area (Å²) in [7, 11) is 0. The normalized spacial score (nSPS) is 12.1. The van der Waals surface area contributed by atoms with E-state index in [4.69, 9.17) is 9.72 Å². The lowest BCUT2D eigenvalue weighted by molar-refractivity contribution is 0.0240. The van der Waals surface area contributed by atoms with Crippen molar-refractivity contribution < 1.29 is 9.84 Å². The van der Waals surface area contributed by atoms with Gasteiger partial charge in [0.05, 0.1) is 11.4 Å². The molecule has 0 amide bonds. The fraction of sp³-hybridized carbons (Fsp3) is 0.222. The maximum atomic E-state index is 9.83. The smallest absolute Gasteiger partial charge is 0.132 e. The van der Waals surface area contributed by atoms with Gasteiger partial charge in [-0.25, -0.2) is 4.98 Å². The number of aromatic nitrogens is 2. The molecule has 1 aromatic heterocycles. The summed E-state index contributed by atoms with van der Waals surface area (Å²) in [5, 5.41) is 9.83. The van der Waals surface area contributed by atoms with E-state index in [0.717, 1.165) is 46.7 Å². The minimum absolute atomic E-state index is 0.149. The molecule has 4 nitrogen and oxygen atoms in total. The fourth-order valence-corrected chi connectivity index (χ4v) is 4.00. The number of aryl methyl sites for hydroxylation is 2. The highest BCUT2D eigenvalue weighted by Crippen LogP contribution is 2.35. The molecule has 0 aliphatic rings. The zero-order valence-corrected chi connectivity index (χ0v) is 18.0. The second-order valence-electron chi connectivity index (χ2n) is 7.55. The van der Waals surface area contributed by atoms with Crippen LogP contribution >= 0.6 is 0 Å². The molecule has 0 saturated carbocycles. The molecular weight excluding hydrogens is 384 g/mol. The summed E-state index contributed by atoms with van der Waals surface area (Å²) in [6, 6.07) is 28.1. The summed E-state index contributed by atoms with van der Waals surface area (Å²) in [5.74, 6) is 1.26. The Hall–Kier alpha value is -3.37. The quantitative estimate of drug-likeness (QED) is 0.371. The zero-order valence-electron chi connectivity index (χ0n) is 18.0. The predicted molar refractivity (Wildman–Crippen MR) is 125 cm³/mol.